The van der Waals surface area contributed by atoms with Crippen LogP contribution in [0.15, 0.2) is 23.9 Å². The van der Waals surface area contributed by atoms with Gasteiger partial charge in [-0.3, -0.25) is 0 Å². The molecule has 58 valence electrons. The van der Waals surface area contributed by atoms with Crippen LogP contribution in [0.4, 0.5) is 0 Å². The van der Waals surface area contributed by atoms with E-state index >= 15 is 0 Å². The minimum absolute atomic E-state index is 1.05. The SMILES string of the molecule is C/C=C(\C=C/[NH2+]O)CCC. The van der Waals surface area contributed by atoms with Gasteiger partial charge >= 0.3 is 0 Å². The highest BCUT2D eigenvalue weighted by Crippen LogP contribution is 2.04. The Hall–Kier alpha value is -0.600. The zero-order valence-electron chi connectivity index (χ0n) is 6.67. The molecule has 10 heavy (non-hydrogen) atoms. The first kappa shape index (κ1) is 9.40. The van der Waals surface area contributed by atoms with E-state index in [4.69, 9.17) is 5.21 Å². The highest BCUT2D eigenvalue weighted by molar-refractivity contribution is 5.15. The molecule has 0 saturated heterocycles. The van der Waals surface area contributed by atoms with Gasteiger partial charge in [-0.05, 0) is 25.0 Å². The molecule has 0 spiro atoms. The van der Waals surface area contributed by atoms with Crippen molar-refractivity contribution in [3.8, 4) is 0 Å². The predicted octanol–water partition coefficient (Wildman–Crippen LogP) is 1.20. The molecule has 0 unspecified atom stereocenters. The molecule has 2 heteroatoms. The van der Waals surface area contributed by atoms with Crippen LogP contribution in [0.5, 0.6) is 0 Å². The third-order valence-corrected chi connectivity index (χ3v) is 1.31. The molecule has 0 saturated carbocycles. The van der Waals surface area contributed by atoms with E-state index in [1.807, 2.05) is 13.0 Å². The van der Waals surface area contributed by atoms with E-state index in [0.717, 1.165) is 18.3 Å². The van der Waals surface area contributed by atoms with Crippen molar-refractivity contribution in [2.45, 2.75) is 26.7 Å². The zero-order chi connectivity index (χ0) is 7.82. The molecule has 0 rings (SSSR count). The number of hydroxylamine groups is 1. The summed E-state index contributed by atoms with van der Waals surface area (Å²) in [5.74, 6) is 0. The van der Waals surface area contributed by atoms with Crippen LogP contribution in [0, 0.1) is 0 Å². The molecule has 0 aromatic rings. The van der Waals surface area contributed by atoms with E-state index in [-0.39, 0.29) is 0 Å². The standard InChI is InChI=1S/C8H15NO/c1-3-5-8(4-2)6-7-9-10/h4,6-7,9-10H,3,5H2,1-2H3/p+1/b7-6-,8-4-. The number of allylic oxidation sites excluding steroid dienone is 3. The van der Waals surface area contributed by atoms with Crippen LogP contribution in [0.2, 0.25) is 0 Å². The molecule has 0 aliphatic heterocycles. The van der Waals surface area contributed by atoms with Crippen molar-refractivity contribution in [3.05, 3.63) is 23.9 Å². The van der Waals surface area contributed by atoms with Gasteiger partial charge < -0.3 is 0 Å². The highest BCUT2D eigenvalue weighted by Gasteiger charge is 1.87. The van der Waals surface area contributed by atoms with Crippen LogP contribution in [0.1, 0.15) is 26.7 Å². The van der Waals surface area contributed by atoms with Gasteiger partial charge in [0.2, 0.25) is 0 Å². The Morgan fingerprint density at radius 3 is 2.70 bits per heavy atom. The van der Waals surface area contributed by atoms with Crippen LogP contribution in [0.3, 0.4) is 0 Å². The van der Waals surface area contributed by atoms with Crippen molar-refractivity contribution in [2.75, 3.05) is 0 Å². The number of hydrogen-bond acceptors (Lipinski definition) is 1. The van der Waals surface area contributed by atoms with Crippen molar-refractivity contribution < 1.29 is 10.7 Å². The largest absolute Gasteiger partial charge is 0.216 e. The summed E-state index contributed by atoms with van der Waals surface area (Å²) in [4.78, 5) is 0. The van der Waals surface area contributed by atoms with Crippen molar-refractivity contribution >= 4 is 0 Å². The van der Waals surface area contributed by atoms with Gasteiger partial charge in [-0.15, -0.1) is 0 Å². The fraction of sp³-hybridized carbons (Fsp3) is 0.500. The van der Waals surface area contributed by atoms with Gasteiger partial charge in [-0.1, -0.05) is 19.4 Å². The number of hydrogen-bond donors (Lipinski definition) is 2. The van der Waals surface area contributed by atoms with Crippen molar-refractivity contribution in [1.82, 2.24) is 0 Å². The van der Waals surface area contributed by atoms with E-state index in [1.54, 1.807) is 6.20 Å². The first-order valence-electron chi connectivity index (χ1n) is 3.64. The van der Waals surface area contributed by atoms with Gasteiger partial charge in [0.1, 0.15) is 6.20 Å². The van der Waals surface area contributed by atoms with Gasteiger partial charge in [0.15, 0.2) is 0 Å². The smallest absolute Gasteiger partial charge is 0.125 e. The van der Waals surface area contributed by atoms with E-state index < -0.39 is 0 Å². The lowest BCUT2D eigenvalue weighted by molar-refractivity contribution is -0.838. The Kier molecular flexibility index (Phi) is 6.13. The third kappa shape index (κ3) is 4.30. The monoisotopic (exact) mass is 142 g/mol. The average Bonchev–Trinajstić information content (AvgIpc) is 1.98. The van der Waals surface area contributed by atoms with Crippen LogP contribution in [-0.2, 0) is 0 Å². The van der Waals surface area contributed by atoms with Gasteiger partial charge in [0, 0.05) is 0 Å². The Balaban J connectivity index is 3.72. The zero-order valence-corrected chi connectivity index (χ0v) is 6.67. The number of nitrogens with two attached hydrogens (primary N) is 1. The quantitative estimate of drug-likeness (QED) is 0.449. The number of quaternary nitrogens is 1. The Labute approximate surface area is 62.2 Å². The Morgan fingerprint density at radius 2 is 2.30 bits per heavy atom. The summed E-state index contributed by atoms with van der Waals surface area (Å²) in [6.07, 6.45) is 7.86. The Morgan fingerprint density at radius 1 is 1.60 bits per heavy atom. The fourth-order valence-corrected chi connectivity index (χ4v) is 0.779. The molecule has 3 N–H and O–H groups in total. The summed E-state index contributed by atoms with van der Waals surface area (Å²) in [5, 5.41) is 8.34. The molecule has 2 nitrogen and oxygen atoms in total. The van der Waals surface area contributed by atoms with Gasteiger partial charge in [-0.2, -0.15) is 5.48 Å². The average molecular weight is 142 g/mol. The molecule has 0 aliphatic rings. The highest BCUT2D eigenvalue weighted by atomic mass is 16.5. The summed E-state index contributed by atoms with van der Waals surface area (Å²) in [7, 11) is 0. The summed E-state index contributed by atoms with van der Waals surface area (Å²) >= 11 is 0. The van der Waals surface area contributed by atoms with Crippen LogP contribution < -0.4 is 5.48 Å². The summed E-state index contributed by atoms with van der Waals surface area (Å²) in [6, 6.07) is 0. The first-order chi connectivity index (χ1) is 4.85. The summed E-state index contributed by atoms with van der Waals surface area (Å²) in [5.41, 5.74) is 2.33. The van der Waals surface area contributed by atoms with Crippen LogP contribution in [-0.4, -0.2) is 5.21 Å². The second kappa shape index (κ2) is 6.52. The summed E-state index contributed by atoms with van der Waals surface area (Å²) in [6.45, 7) is 4.15. The second-order valence-corrected chi connectivity index (χ2v) is 2.12. The van der Waals surface area contributed by atoms with Crippen LogP contribution in [0.25, 0.3) is 0 Å². The van der Waals surface area contributed by atoms with E-state index in [1.165, 1.54) is 5.57 Å². The Bertz CT molecular complexity index is 127. The fourth-order valence-electron chi connectivity index (χ4n) is 0.779. The topological polar surface area (TPSA) is 36.8 Å². The van der Waals surface area contributed by atoms with Crippen molar-refractivity contribution in [2.24, 2.45) is 0 Å². The minimum atomic E-state index is 1.05. The molecule has 0 aromatic heterocycles. The molecular weight excluding hydrogens is 126 g/mol. The van der Waals surface area contributed by atoms with Crippen molar-refractivity contribution in [1.29, 1.82) is 0 Å². The maximum atomic E-state index is 8.34. The molecule has 0 fully saturated rings. The van der Waals surface area contributed by atoms with Gasteiger partial charge in [0.25, 0.3) is 0 Å². The molecule has 0 atom stereocenters. The van der Waals surface area contributed by atoms with Crippen molar-refractivity contribution in [3.63, 3.8) is 0 Å². The van der Waals surface area contributed by atoms with E-state index in [9.17, 15) is 0 Å². The molecule has 0 aliphatic carbocycles. The molecular formula is C8H16NO+. The second-order valence-electron chi connectivity index (χ2n) is 2.12. The maximum Gasteiger partial charge on any atom is 0.125 e. The molecule has 0 bridgehead atoms. The molecule has 0 heterocycles. The third-order valence-electron chi connectivity index (χ3n) is 1.31. The summed E-state index contributed by atoms with van der Waals surface area (Å²) < 4.78 is 0. The molecule has 0 radical (unpaired) electrons. The lowest BCUT2D eigenvalue weighted by atomic mass is 10.1. The first-order valence-corrected chi connectivity index (χ1v) is 3.64. The normalized spacial score (nSPS) is 12.9. The van der Waals surface area contributed by atoms with Gasteiger partial charge in [-0.25, -0.2) is 5.21 Å². The maximum absolute atomic E-state index is 8.34. The van der Waals surface area contributed by atoms with E-state index in [0.29, 0.717) is 0 Å². The lowest BCUT2D eigenvalue weighted by Gasteiger charge is -1.94. The van der Waals surface area contributed by atoms with Crippen LogP contribution >= 0.6 is 0 Å². The minimum Gasteiger partial charge on any atom is -0.216 e. The van der Waals surface area contributed by atoms with Gasteiger partial charge in [0.05, 0.1) is 0 Å². The van der Waals surface area contributed by atoms with E-state index in [2.05, 4.69) is 13.0 Å². The predicted molar refractivity (Wildman–Crippen MR) is 41.5 cm³/mol. The lowest BCUT2D eigenvalue weighted by Crippen LogP contribution is -2.73. The molecule has 0 amide bonds. The number of rotatable bonds is 4. The molecule has 0 aromatic carbocycles.